The van der Waals surface area contributed by atoms with E-state index in [0.29, 0.717) is 11.0 Å². The van der Waals surface area contributed by atoms with Crippen LogP contribution in [-0.4, -0.2) is 9.97 Å². The van der Waals surface area contributed by atoms with E-state index in [1.165, 1.54) is 55.3 Å². The number of nitrogens with zero attached hydrogens (tertiary/aromatic N) is 2. The van der Waals surface area contributed by atoms with Crippen molar-refractivity contribution in [2.24, 2.45) is 0 Å². The maximum atomic E-state index is 6.72. The Hall–Kier alpha value is -4.79. The summed E-state index contributed by atoms with van der Waals surface area (Å²) in [6.07, 6.45) is 0. The molecule has 0 aliphatic heterocycles. The van der Waals surface area contributed by atoms with Crippen LogP contribution in [0, 0.1) is 0 Å². The van der Waals surface area contributed by atoms with Gasteiger partial charge in [0.2, 0.25) is 0 Å². The van der Waals surface area contributed by atoms with Crippen LogP contribution in [0.1, 0.15) is 22.3 Å². The minimum Gasteiger partial charge on any atom is -0.228 e. The number of benzene rings is 6. The van der Waals surface area contributed by atoms with E-state index < -0.39 is 5.41 Å². The van der Waals surface area contributed by atoms with Crippen LogP contribution in [0.25, 0.3) is 55.3 Å². The molecule has 0 N–H and O–H groups in total. The van der Waals surface area contributed by atoms with Crippen LogP contribution in [0.5, 0.6) is 0 Å². The average molecular weight is 529 g/mol. The van der Waals surface area contributed by atoms with Gasteiger partial charge in [0.15, 0.2) is 5.82 Å². The predicted octanol–water partition coefficient (Wildman–Crippen LogP) is 9.45. The maximum absolute atomic E-state index is 6.72. The number of hydrogen-bond donors (Lipinski definition) is 0. The van der Waals surface area contributed by atoms with Crippen LogP contribution in [0.2, 0.25) is 5.15 Å². The lowest BCUT2D eigenvalue weighted by Crippen LogP contribution is -2.25. The molecule has 2 aliphatic carbocycles. The van der Waals surface area contributed by atoms with Crippen LogP contribution in [-0.2, 0) is 5.41 Å². The molecule has 0 bridgehead atoms. The molecule has 0 fully saturated rings. The van der Waals surface area contributed by atoms with Gasteiger partial charge >= 0.3 is 0 Å². The van der Waals surface area contributed by atoms with E-state index in [4.69, 9.17) is 21.6 Å². The Balaban J connectivity index is 1.44. The molecule has 2 nitrogen and oxygen atoms in total. The van der Waals surface area contributed by atoms with Crippen molar-refractivity contribution in [3.05, 3.63) is 155 Å². The monoisotopic (exact) mass is 528 g/mol. The fraction of sp³-hybridized carbons (Fsp3) is 0.0270. The lowest BCUT2D eigenvalue weighted by Gasteiger charge is -2.30. The van der Waals surface area contributed by atoms with Crippen molar-refractivity contribution in [3.63, 3.8) is 0 Å². The zero-order valence-electron chi connectivity index (χ0n) is 21.4. The van der Waals surface area contributed by atoms with Crippen LogP contribution in [0.3, 0.4) is 0 Å². The molecule has 2 aliphatic rings. The molecule has 1 aromatic heterocycles. The molecule has 186 valence electrons. The van der Waals surface area contributed by atoms with Gasteiger partial charge in [0, 0.05) is 10.9 Å². The number of halogens is 1. The smallest absolute Gasteiger partial charge is 0.162 e. The van der Waals surface area contributed by atoms with Crippen molar-refractivity contribution >= 4 is 33.3 Å². The molecular weight excluding hydrogens is 508 g/mol. The lowest BCUT2D eigenvalue weighted by atomic mass is 9.70. The molecule has 1 unspecified atom stereocenters. The van der Waals surface area contributed by atoms with E-state index in [0.717, 1.165) is 16.5 Å². The van der Waals surface area contributed by atoms with Gasteiger partial charge in [-0.05, 0) is 67.4 Å². The lowest BCUT2D eigenvalue weighted by molar-refractivity contribution is 0.794. The molecule has 40 heavy (non-hydrogen) atoms. The first-order chi connectivity index (χ1) is 19.8. The fourth-order valence-electron chi connectivity index (χ4n) is 7.30. The second-order valence-corrected chi connectivity index (χ2v) is 11.0. The van der Waals surface area contributed by atoms with E-state index in [1.807, 2.05) is 24.3 Å². The third kappa shape index (κ3) is 2.64. The fourth-order valence-corrected chi connectivity index (χ4v) is 7.54. The van der Waals surface area contributed by atoms with Crippen molar-refractivity contribution in [2.75, 3.05) is 0 Å². The highest BCUT2D eigenvalue weighted by Crippen LogP contribution is 2.64. The number of aromatic nitrogens is 2. The van der Waals surface area contributed by atoms with Gasteiger partial charge in [-0.25, -0.2) is 9.97 Å². The second kappa shape index (κ2) is 7.88. The summed E-state index contributed by atoms with van der Waals surface area (Å²) >= 11 is 6.72. The largest absolute Gasteiger partial charge is 0.228 e. The highest BCUT2D eigenvalue weighted by molar-refractivity contribution is 6.34. The Bertz CT molecular complexity index is 2200. The first-order valence-electron chi connectivity index (χ1n) is 13.5. The molecule has 3 heteroatoms. The molecular formula is C37H21ClN2. The van der Waals surface area contributed by atoms with Crippen molar-refractivity contribution in [1.29, 1.82) is 0 Å². The summed E-state index contributed by atoms with van der Waals surface area (Å²) < 4.78 is 0. The van der Waals surface area contributed by atoms with E-state index in [-0.39, 0.29) is 0 Å². The van der Waals surface area contributed by atoms with Gasteiger partial charge in [-0.3, -0.25) is 0 Å². The summed E-state index contributed by atoms with van der Waals surface area (Å²) in [5.74, 6) is 0.650. The molecule has 0 saturated heterocycles. The second-order valence-electron chi connectivity index (χ2n) is 10.6. The SMILES string of the molecule is Clc1nc(-c2cccc3c2-c2ccccc2C32c3ccccc3-c3c2ccc2ccccc32)nc2ccccc12. The Morgan fingerprint density at radius 2 is 1.05 bits per heavy atom. The van der Waals surface area contributed by atoms with Crippen molar-refractivity contribution in [2.45, 2.75) is 5.41 Å². The summed E-state index contributed by atoms with van der Waals surface area (Å²) in [7, 11) is 0. The van der Waals surface area contributed by atoms with Gasteiger partial charge < -0.3 is 0 Å². The summed E-state index contributed by atoms with van der Waals surface area (Å²) in [6, 6.07) is 45.6. The zero-order valence-corrected chi connectivity index (χ0v) is 22.2. The summed E-state index contributed by atoms with van der Waals surface area (Å²) in [4.78, 5) is 9.83. The third-order valence-corrected chi connectivity index (χ3v) is 9.09. The highest BCUT2D eigenvalue weighted by Gasteiger charge is 2.52. The molecule has 1 spiro atoms. The highest BCUT2D eigenvalue weighted by atomic mass is 35.5. The minimum absolute atomic E-state index is 0.432. The number of hydrogen-bond acceptors (Lipinski definition) is 2. The number of rotatable bonds is 1. The zero-order chi connectivity index (χ0) is 26.4. The molecule has 1 heterocycles. The van der Waals surface area contributed by atoms with Gasteiger partial charge in [-0.2, -0.15) is 0 Å². The van der Waals surface area contributed by atoms with Crippen molar-refractivity contribution < 1.29 is 0 Å². The molecule has 0 radical (unpaired) electrons. The normalized spacial score (nSPS) is 16.2. The van der Waals surface area contributed by atoms with Crippen molar-refractivity contribution in [3.8, 4) is 33.6 Å². The van der Waals surface area contributed by atoms with Crippen molar-refractivity contribution in [1.82, 2.24) is 9.97 Å². The molecule has 9 rings (SSSR count). The van der Waals surface area contributed by atoms with Gasteiger partial charge in [0.25, 0.3) is 0 Å². The standard InChI is InChI=1S/C37H21ClN2/c38-35-26-14-5-8-19-32(26)39-36(40-35)27-15-9-18-30-34(27)25-13-4-7-17-29(25)37(30)28-16-6-3-12-24(28)33-23-11-2-1-10-22(23)20-21-31(33)37/h1-21H. The summed E-state index contributed by atoms with van der Waals surface area (Å²) in [5.41, 5.74) is 11.6. The van der Waals surface area contributed by atoms with Gasteiger partial charge in [-0.1, -0.05) is 127 Å². The Morgan fingerprint density at radius 1 is 0.450 bits per heavy atom. The minimum atomic E-state index is -0.432. The van der Waals surface area contributed by atoms with E-state index in [2.05, 4.69) is 103 Å². The van der Waals surface area contributed by atoms with Gasteiger partial charge in [0.1, 0.15) is 5.15 Å². The van der Waals surface area contributed by atoms with Crippen LogP contribution >= 0.6 is 11.6 Å². The molecule has 6 aromatic carbocycles. The predicted molar refractivity (Wildman–Crippen MR) is 164 cm³/mol. The first-order valence-corrected chi connectivity index (χ1v) is 13.9. The first kappa shape index (κ1) is 22.1. The quantitative estimate of drug-likeness (QED) is 0.198. The average Bonchev–Trinajstić information content (AvgIpc) is 3.49. The van der Waals surface area contributed by atoms with Crippen LogP contribution in [0.4, 0.5) is 0 Å². The van der Waals surface area contributed by atoms with Gasteiger partial charge in [0.05, 0.1) is 10.9 Å². The summed E-state index contributed by atoms with van der Waals surface area (Å²) in [6.45, 7) is 0. The van der Waals surface area contributed by atoms with E-state index in [9.17, 15) is 0 Å². The third-order valence-electron chi connectivity index (χ3n) is 8.80. The maximum Gasteiger partial charge on any atom is 0.162 e. The Kier molecular flexibility index (Phi) is 4.35. The van der Waals surface area contributed by atoms with Gasteiger partial charge in [-0.15, -0.1) is 0 Å². The van der Waals surface area contributed by atoms with E-state index in [1.54, 1.807) is 0 Å². The number of para-hydroxylation sites is 1. The van der Waals surface area contributed by atoms with Crippen LogP contribution in [0.15, 0.2) is 127 Å². The number of fused-ring (bicyclic) bond motifs is 13. The summed E-state index contributed by atoms with van der Waals surface area (Å²) in [5, 5.41) is 3.88. The van der Waals surface area contributed by atoms with E-state index >= 15 is 0 Å². The molecule has 0 saturated carbocycles. The molecule has 0 amide bonds. The Labute approximate surface area is 236 Å². The molecule has 7 aromatic rings. The Morgan fingerprint density at radius 3 is 1.88 bits per heavy atom. The molecule has 1 atom stereocenters. The topological polar surface area (TPSA) is 25.8 Å². The van der Waals surface area contributed by atoms with Crippen LogP contribution < -0.4 is 0 Å².